The zero-order valence-electron chi connectivity index (χ0n) is 17.3. The van der Waals surface area contributed by atoms with Crippen LogP contribution in [0.25, 0.3) is 11.0 Å². The highest BCUT2D eigenvalue weighted by atomic mass is 16.5. The molecular weight excluding hydrogens is 380 g/mol. The number of nitrogens with one attached hydrogen (secondary N) is 1. The second-order valence-corrected chi connectivity index (χ2v) is 7.74. The van der Waals surface area contributed by atoms with Crippen LogP contribution in [0.1, 0.15) is 18.6 Å². The molecule has 1 aliphatic rings. The van der Waals surface area contributed by atoms with E-state index in [1.54, 1.807) is 13.2 Å². The molecule has 0 bridgehead atoms. The fourth-order valence-corrected chi connectivity index (χ4v) is 3.99. The Labute approximate surface area is 176 Å². The van der Waals surface area contributed by atoms with Crippen molar-refractivity contribution >= 4 is 16.9 Å². The molecule has 0 saturated carbocycles. The monoisotopic (exact) mass is 408 g/mol. The fraction of sp³-hybridized carbons (Fsp3) is 0.375. The molecule has 2 heterocycles. The first kappa shape index (κ1) is 20.3. The van der Waals surface area contributed by atoms with Crippen molar-refractivity contribution in [2.75, 3.05) is 33.4 Å². The molecular formula is C24H28N2O4. The number of para-hydroxylation sites is 3. The number of likely N-dealkylation sites (tertiary alicyclic amines) is 1. The highest BCUT2D eigenvalue weighted by Crippen LogP contribution is 2.26. The third kappa shape index (κ3) is 5.13. The van der Waals surface area contributed by atoms with Crippen molar-refractivity contribution in [3.63, 3.8) is 0 Å². The summed E-state index contributed by atoms with van der Waals surface area (Å²) in [4.78, 5) is 14.6. The molecule has 2 aromatic carbocycles. The minimum Gasteiger partial charge on any atom is -0.493 e. The molecule has 6 nitrogen and oxygen atoms in total. The molecule has 3 aromatic rings. The maximum absolute atomic E-state index is 12.2. The van der Waals surface area contributed by atoms with Crippen LogP contribution in [0.4, 0.5) is 0 Å². The van der Waals surface area contributed by atoms with Gasteiger partial charge < -0.3 is 19.2 Å². The first-order valence-corrected chi connectivity index (χ1v) is 10.4. The van der Waals surface area contributed by atoms with Crippen molar-refractivity contribution < 1.29 is 18.7 Å². The Hall–Kier alpha value is -2.99. The van der Waals surface area contributed by atoms with Gasteiger partial charge in [0.05, 0.1) is 13.7 Å². The predicted octanol–water partition coefficient (Wildman–Crippen LogP) is 3.85. The zero-order chi connectivity index (χ0) is 20.8. The van der Waals surface area contributed by atoms with Gasteiger partial charge >= 0.3 is 0 Å². The highest BCUT2D eigenvalue weighted by molar-refractivity contribution is 5.78. The zero-order valence-corrected chi connectivity index (χ0v) is 17.3. The molecule has 0 aliphatic carbocycles. The number of amides is 1. The normalized spacial score (nSPS) is 17.0. The first-order valence-electron chi connectivity index (χ1n) is 10.4. The van der Waals surface area contributed by atoms with Crippen molar-refractivity contribution in [3.05, 3.63) is 60.4 Å². The molecule has 1 aromatic heterocycles. The maximum atomic E-state index is 12.2. The van der Waals surface area contributed by atoms with E-state index in [0.29, 0.717) is 24.0 Å². The SMILES string of the molecule is COc1ccccc1OCC(=O)NCC1CCCN(Cc2cc3ccccc3o2)C1. The third-order valence-corrected chi connectivity index (χ3v) is 5.47. The number of piperidine rings is 1. The lowest BCUT2D eigenvalue weighted by Crippen LogP contribution is -2.41. The van der Waals surface area contributed by atoms with E-state index in [0.717, 1.165) is 49.2 Å². The summed E-state index contributed by atoms with van der Waals surface area (Å²) in [6.07, 6.45) is 2.24. The summed E-state index contributed by atoms with van der Waals surface area (Å²) in [5.74, 6) is 2.50. The number of furan rings is 1. The minimum atomic E-state index is -0.115. The van der Waals surface area contributed by atoms with Crippen molar-refractivity contribution in [3.8, 4) is 11.5 Å². The predicted molar refractivity (Wildman–Crippen MR) is 116 cm³/mol. The number of ether oxygens (including phenoxy) is 2. The lowest BCUT2D eigenvalue weighted by molar-refractivity contribution is -0.123. The number of benzene rings is 2. The maximum Gasteiger partial charge on any atom is 0.257 e. The fourth-order valence-electron chi connectivity index (χ4n) is 3.99. The van der Waals surface area contributed by atoms with Gasteiger partial charge in [-0.1, -0.05) is 30.3 Å². The average molecular weight is 408 g/mol. The quantitative estimate of drug-likeness (QED) is 0.613. The molecule has 0 spiro atoms. The third-order valence-electron chi connectivity index (χ3n) is 5.47. The van der Waals surface area contributed by atoms with E-state index in [4.69, 9.17) is 13.9 Å². The molecule has 1 unspecified atom stereocenters. The molecule has 0 radical (unpaired) electrons. The first-order chi connectivity index (χ1) is 14.7. The van der Waals surface area contributed by atoms with E-state index in [-0.39, 0.29) is 12.5 Å². The number of methoxy groups -OCH3 is 1. The molecule has 1 saturated heterocycles. The average Bonchev–Trinajstić information content (AvgIpc) is 3.19. The van der Waals surface area contributed by atoms with E-state index in [1.807, 2.05) is 36.4 Å². The number of carbonyl (C=O) groups is 1. The van der Waals surface area contributed by atoms with Gasteiger partial charge in [-0.05, 0) is 49.6 Å². The Balaban J connectivity index is 1.23. The summed E-state index contributed by atoms with van der Waals surface area (Å²) in [6.45, 7) is 3.44. The van der Waals surface area contributed by atoms with E-state index in [9.17, 15) is 4.79 Å². The summed E-state index contributed by atoms with van der Waals surface area (Å²) in [5.41, 5.74) is 0.934. The van der Waals surface area contributed by atoms with Gasteiger partial charge in [-0.15, -0.1) is 0 Å². The van der Waals surface area contributed by atoms with Crippen LogP contribution >= 0.6 is 0 Å². The van der Waals surface area contributed by atoms with E-state index in [2.05, 4.69) is 22.3 Å². The summed E-state index contributed by atoms with van der Waals surface area (Å²) >= 11 is 0. The molecule has 1 N–H and O–H groups in total. The Morgan fingerprint density at radius 1 is 1.17 bits per heavy atom. The van der Waals surface area contributed by atoms with Crippen LogP contribution in [-0.4, -0.2) is 44.2 Å². The topological polar surface area (TPSA) is 63.9 Å². The lowest BCUT2D eigenvalue weighted by atomic mass is 9.98. The molecule has 1 fully saturated rings. The molecule has 30 heavy (non-hydrogen) atoms. The standard InChI is InChI=1S/C24H28N2O4/c1-28-22-10-4-5-11-23(22)29-17-24(27)25-14-18-7-6-12-26(15-18)16-20-13-19-8-2-3-9-21(19)30-20/h2-5,8-11,13,18H,6-7,12,14-17H2,1H3,(H,25,27). The molecule has 1 amide bonds. The van der Waals surface area contributed by atoms with Crippen LogP contribution in [0.2, 0.25) is 0 Å². The Bertz CT molecular complexity index is 951. The van der Waals surface area contributed by atoms with Crippen LogP contribution in [0, 0.1) is 5.92 Å². The van der Waals surface area contributed by atoms with Crippen LogP contribution in [0.5, 0.6) is 11.5 Å². The van der Waals surface area contributed by atoms with Gasteiger partial charge in [0.1, 0.15) is 11.3 Å². The second-order valence-electron chi connectivity index (χ2n) is 7.74. The number of carbonyl (C=O) groups excluding carboxylic acids is 1. The van der Waals surface area contributed by atoms with E-state index < -0.39 is 0 Å². The summed E-state index contributed by atoms with van der Waals surface area (Å²) in [5, 5.41) is 4.15. The second kappa shape index (κ2) is 9.67. The van der Waals surface area contributed by atoms with Crippen molar-refractivity contribution in [2.45, 2.75) is 19.4 Å². The highest BCUT2D eigenvalue weighted by Gasteiger charge is 2.21. The molecule has 158 valence electrons. The minimum absolute atomic E-state index is 0.0181. The van der Waals surface area contributed by atoms with E-state index in [1.165, 1.54) is 0 Å². The number of fused-ring (bicyclic) bond motifs is 1. The van der Waals surface area contributed by atoms with Crippen LogP contribution < -0.4 is 14.8 Å². The Kier molecular flexibility index (Phi) is 6.54. The Morgan fingerprint density at radius 3 is 2.80 bits per heavy atom. The number of nitrogens with zero attached hydrogens (tertiary/aromatic N) is 1. The summed E-state index contributed by atoms with van der Waals surface area (Å²) in [7, 11) is 1.59. The molecule has 1 aliphatic heterocycles. The Morgan fingerprint density at radius 2 is 1.97 bits per heavy atom. The molecule has 6 heteroatoms. The van der Waals surface area contributed by atoms with Crippen molar-refractivity contribution in [1.29, 1.82) is 0 Å². The van der Waals surface area contributed by atoms with Gasteiger partial charge in [-0.3, -0.25) is 9.69 Å². The smallest absolute Gasteiger partial charge is 0.257 e. The van der Waals surface area contributed by atoms with Crippen LogP contribution in [-0.2, 0) is 11.3 Å². The van der Waals surface area contributed by atoms with Crippen molar-refractivity contribution in [1.82, 2.24) is 10.2 Å². The van der Waals surface area contributed by atoms with Gasteiger partial charge in [-0.25, -0.2) is 0 Å². The summed E-state index contributed by atoms with van der Waals surface area (Å²) < 4.78 is 16.8. The van der Waals surface area contributed by atoms with Gasteiger partial charge in [-0.2, -0.15) is 0 Å². The lowest BCUT2D eigenvalue weighted by Gasteiger charge is -2.32. The van der Waals surface area contributed by atoms with Gasteiger partial charge in [0, 0.05) is 18.5 Å². The summed E-state index contributed by atoms with van der Waals surface area (Å²) in [6, 6.07) is 17.5. The molecule has 1 atom stereocenters. The van der Waals surface area contributed by atoms with Crippen molar-refractivity contribution in [2.24, 2.45) is 5.92 Å². The van der Waals surface area contributed by atoms with Crippen LogP contribution in [0.15, 0.2) is 59.0 Å². The van der Waals surface area contributed by atoms with Gasteiger partial charge in [0.15, 0.2) is 18.1 Å². The number of rotatable bonds is 8. The number of hydrogen-bond acceptors (Lipinski definition) is 5. The largest absolute Gasteiger partial charge is 0.493 e. The van der Waals surface area contributed by atoms with Gasteiger partial charge in [0.25, 0.3) is 5.91 Å². The number of hydrogen-bond donors (Lipinski definition) is 1. The van der Waals surface area contributed by atoms with E-state index >= 15 is 0 Å². The van der Waals surface area contributed by atoms with Gasteiger partial charge in [0.2, 0.25) is 0 Å². The molecule has 4 rings (SSSR count). The van der Waals surface area contributed by atoms with Crippen LogP contribution in [0.3, 0.4) is 0 Å².